The van der Waals surface area contributed by atoms with Gasteiger partial charge in [0.1, 0.15) is 12.2 Å². The van der Waals surface area contributed by atoms with Crippen LogP contribution in [0.25, 0.3) is 0 Å². The smallest absolute Gasteiger partial charge is 0.253 e. The lowest BCUT2D eigenvalue weighted by molar-refractivity contribution is -0.146. The van der Waals surface area contributed by atoms with Gasteiger partial charge in [-0.3, -0.25) is 14.4 Å². The number of nitrogens with zero attached hydrogens (tertiary/aromatic N) is 4. The van der Waals surface area contributed by atoms with Gasteiger partial charge in [-0.25, -0.2) is 0 Å². The number of hydrogen-bond donors (Lipinski definition) is 0. The molecule has 0 bridgehead atoms. The van der Waals surface area contributed by atoms with Crippen LogP contribution >= 0.6 is 0 Å². The second-order valence-electron chi connectivity index (χ2n) is 7.05. The Morgan fingerprint density at radius 3 is 3.00 bits per heavy atom. The van der Waals surface area contributed by atoms with Crippen LogP contribution in [0.5, 0.6) is 0 Å². The minimum absolute atomic E-state index is 0.0124. The molecule has 1 aliphatic carbocycles. The molecule has 1 atom stereocenters. The number of anilines is 1. The van der Waals surface area contributed by atoms with Crippen molar-refractivity contribution < 1.29 is 14.3 Å². The molecule has 0 N–H and O–H groups in total. The molecule has 1 aromatic rings. The first-order chi connectivity index (χ1) is 11.1. The highest BCUT2D eigenvalue weighted by atomic mass is 16.6. The maximum Gasteiger partial charge on any atom is 0.253 e. The summed E-state index contributed by atoms with van der Waals surface area (Å²) in [5.74, 6) is 0.825. The van der Waals surface area contributed by atoms with E-state index in [-0.39, 0.29) is 12.5 Å². The van der Waals surface area contributed by atoms with Gasteiger partial charge < -0.3 is 14.4 Å². The molecule has 1 aromatic heterocycles. The third kappa shape index (κ3) is 3.27. The lowest BCUT2D eigenvalue weighted by Crippen LogP contribution is -2.61. The first kappa shape index (κ1) is 15.1. The average Bonchev–Trinajstić information content (AvgIpc) is 3.28. The summed E-state index contributed by atoms with van der Waals surface area (Å²) in [6.07, 6.45) is 6.28. The van der Waals surface area contributed by atoms with E-state index in [1.165, 1.54) is 12.8 Å². The van der Waals surface area contributed by atoms with Gasteiger partial charge in [0.05, 0.1) is 31.6 Å². The normalized spacial score (nSPS) is 30.0. The van der Waals surface area contributed by atoms with E-state index in [0.29, 0.717) is 13.2 Å². The van der Waals surface area contributed by atoms with Crippen LogP contribution in [0.4, 0.5) is 5.69 Å². The third-order valence-corrected chi connectivity index (χ3v) is 4.89. The number of aryl methyl sites for hydroxylation is 1. The fourth-order valence-electron chi connectivity index (χ4n) is 3.49. The summed E-state index contributed by atoms with van der Waals surface area (Å²) < 4.78 is 13.5. The van der Waals surface area contributed by atoms with Crippen molar-refractivity contribution in [3.05, 3.63) is 12.4 Å². The van der Waals surface area contributed by atoms with Gasteiger partial charge in [-0.05, 0) is 18.8 Å². The maximum atomic E-state index is 12.3. The average molecular weight is 320 g/mol. The van der Waals surface area contributed by atoms with Crippen molar-refractivity contribution in [2.24, 2.45) is 13.0 Å². The second-order valence-corrected chi connectivity index (χ2v) is 7.05. The van der Waals surface area contributed by atoms with Gasteiger partial charge in [0.25, 0.3) is 5.91 Å². The molecule has 2 aliphatic heterocycles. The molecule has 0 radical (unpaired) electrons. The number of carbonyl (C=O) groups excluding carboxylic acids is 1. The Kier molecular flexibility index (Phi) is 3.87. The summed E-state index contributed by atoms with van der Waals surface area (Å²) in [4.78, 5) is 16.5. The van der Waals surface area contributed by atoms with Gasteiger partial charge in [-0.1, -0.05) is 0 Å². The number of aromatic nitrogens is 2. The first-order valence-corrected chi connectivity index (χ1v) is 8.37. The van der Waals surface area contributed by atoms with E-state index in [1.807, 2.05) is 13.2 Å². The molecule has 3 heterocycles. The summed E-state index contributed by atoms with van der Waals surface area (Å²) in [5, 5.41) is 4.18. The molecular formula is C16H24N4O3. The Bertz CT molecular complexity index is 586. The molecule has 2 saturated heterocycles. The van der Waals surface area contributed by atoms with E-state index in [9.17, 15) is 4.79 Å². The molecule has 3 fully saturated rings. The van der Waals surface area contributed by atoms with Gasteiger partial charge in [0.2, 0.25) is 0 Å². The van der Waals surface area contributed by atoms with Crippen LogP contribution in [-0.2, 0) is 21.3 Å². The van der Waals surface area contributed by atoms with Crippen LogP contribution in [0.1, 0.15) is 12.8 Å². The molecule has 4 rings (SSSR count). The molecule has 1 saturated carbocycles. The number of amides is 1. The van der Waals surface area contributed by atoms with Gasteiger partial charge in [-0.15, -0.1) is 0 Å². The summed E-state index contributed by atoms with van der Waals surface area (Å²) >= 11 is 0. The van der Waals surface area contributed by atoms with Crippen molar-refractivity contribution >= 4 is 11.6 Å². The van der Waals surface area contributed by atoms with E-state index >= 15 is 0 Å². The summed E-state index contributed by atoms with van der Waals surface area (Å²) in [5.41, 5.74) is 0.396. The summed E-state index contributed by atoms with van der Waals surface area (Å²) in [6, 6.07) is 0. The summed E-state index contributed by atoms with van der Waals surface area (Å²) in [7, 11) is 1.86. The fourth-order valence-corrected chi connectivity index (χ4v) is 3.49. The second kappa shape index (κ2) is 5.89. The largest absolute Gasteiger partial charge is 0.377 e. The zero-order valence-electron chi connectivity index (χ0n) is 13.6. The molecule has 7 heteroatoms. The van der Waals surface area contributed by atoms with E-state index in [1.54, 1.807) is 15.8 Å². The molecule has 1 unspecified atom stereocenters. The van der Waals surface area contributed by atoms with Crippen LogP contribution in [0.15, 0.2) is 12.4 Å². The Balaban J connectivity index is 1.52. The quantitative estimate of drug-likeness (QED) is 0.800. The minimum atomic E-state index is -0.435. The van der Waals surface area contributed by atoms with Crippen molar-refractivity contribution in [1.82, 2.24) is 14.7 Å². The maximum absolute atomic E-state index is 12.3. The van der Waals surface area contributed by atoms with Gasteiger partial charge in [0, 0.05) is 32.9 Å². The molecule has 7 nitrogen and oxygen atoms in total. The first-order valence-electron chi connectivity index (χ1n) is 8.37. The van der Waals surface area contributed by atoms with Gasteiger partial charge >= 0.3 is 0 Å². The van der Waals surface area contributed by atoms with Crippen molar-refractivity contribution in [2.45, 2.75) is 18.4 Å². The number of carbonyl (C=O) groups is 1. The van der Waals surface area contributed by atoms with Crippen molar-refractivity contribution in [1.29, 1.82) is 0 Å². The minimum Gasteiger partial charge on any atom is -0.377 e. The van der Waals surface area contributed by atoms with Crippen LogP contribution in [0.2, 0.25) is 0 Å². The van der Waals surface area contributed by atoms with Crippen molar-refractivity contribution in [3.63, 3.8) is 0 Å². The molecule has 1 amide bonds. The number of hydrogen-bond acceptors (Lipinski definition) is 5. The Labute approximate surface area is 136 Å². The zero-order chi connectivity index (χ0) is 15.9. The lowest BCUT2D eigenvalue weighted by Gasteiger charge is -2.42. The highest BCUT2D eigenvalue weighted by Crippen LogP contribution is 2.32. The molecule has 1 spiro atoms. The number of ether oxygens (including phenoxy) is 2. The van der Waals surface area contributed by atoms with Crippen molar-refractivity contribution in [2.75, 3.05) is 50.9 Å². The van der Waals surface area contributed by atoms with E-state index in [2.05, 4.69) is 10.00 Å². The predicted molar refractivity (Wildman–Crippen MR) is 84.2 cm³/mol. The Morgan fingerprint density at radius 1 is 1.39 bits per heavy atom. The molecular weight excluding hydrogens is 296 g/mol. The fraction of sp³-hybridized carbons (Fsp3) is 0.750. The topological polar surface area (TPSA) is 59.8 Å². The Morgan fingerprint density at radius 2 is 2.26 bits per heavy atom. The van der Waals surface area contributed by atoms with E-state index < -0.39 is 5.60 Å². The van der Waals surface area contributed by atoms with E-state index in [4.69, 9.17) is 9.47 Å². The van der Waals surface area contributed by atoms with Crippen LogP contribution in [0, 0.1) is 5.92 Å². The van der Waals surface area contributed by atoms with Crippen LogP contribution in [0.3, 0.4) is 0 Å². The van der Waals surface area contributed by atoms with Crippen LogP contribution < -0.4 is 4.90 Å². The van der Waals surface area contributed by atoms with Crippen LogP contribution in [-0.4, -0.2) is 72.2 Å². The zero-order valence-corrected chi connectivity index (χ0v) is 13.6. The SMILES string of the molecule is Cn1cc(N2CC3(COCCN(CC4CC4)C3)OCC2=O)cn1. The molecule has 126 valence electrons. The van der Waals surface area contributed by atoms with Crippen molar-refractivity contribution in [3.8, 4) is 0 Å². The molecule has 23 heavy (non-hydrogen) atoms. The molecule has 0 aromatic carbocycles. The standard InChI is InChI=1S/C16H24N4O3/c1-18-8-14(6-17-18)20-11-16(23-9-15(20)21)10-19(4-5-22-12-16)7-13-2-3-13/h6,8,13H,2-5,7,9-12H2,1H3. The lowest BCUT2D eigenvalue weighted by atomic mass is 10.0. The number of morpholine rings is 1. The third-order valence-electron chi connectivity index (χ3n) is 4.89. The van der Waals surface area contributed by atoms with E-state index in [0.717, 1.165) is 37.8 Å². The highest BCUT2D eigenvalue weighted by Gasteiger charge is 2.44. The number of rotatable bonds is 3. The van der Waals surface area contributed by atoms with Gasteiger partial charge in [-0.2, -0.15) is 5.10 Å². The van der Waals surface area contributed by atoms with Gasteiger partial charge in [0.15, 0.2) is 0 Å². The monoisotopic (exact) mass is 320 g/mol. The Hall–Kier alpha value is -1.44. The predicted octanol–water partition coefficient (Wildman–Crippen LogP) is 0.264. The highest BCUT2D eigenvalue weighted by molar-refractivity contribution is 5.94. The molecule has 3 aliphatic rings. The summed E-state index contributed by atoms with van der Waals surface area (Å²) in [6.45, 7) is 4.80.